The lowest BCUT2D eigenvalue weighted by Gasteiger charge is -2.19. The molecule has 0 saturated carbocycles. The van der Waals surface area contributed by atoms with Crippen molar-refractivity contribution in [2.75, 3.05) is 6.54 Å². The van der Waals surface area contributed by atoms with Gasteiger partial charge in [0, 0.05) is 30.2 Å². The number of benzene rings is 3. The Bertz CT molecular complexity index is 1590. The number of para-hydroxylation sites is 1. The standard InChI is InChI=1S/C30H29ClN4O4/c1-30(2,3)38-27(36)13-15-32-19-20-9-11-25-21(17-20)14-16-35(25)29-33-28(39-34-29)22-10-12-26(24(31)18-22)37-23-7-5-4-6-8-23/h4-12,14,16-18,32H,13,15,19H2,1-3H3. The number of carbonyl (C=O) groups is 1. The number of nitrogens with zero attached hydrogens (tertiary/aromatic N) is 3. The summed E-state index contributed by atoms with van der Waals surface area (Å²) in [4.78, 5) is 16.5. The molecule has 0 aliphatic heterocycles. The van der Waals surface area contributed by atoms with Crippen molar-refractivity contribution in [2.24, 2.45) is 0 Å². The van der Waals surface area contributed by atoms with Crippen molar-refractivity contribution in [3.05, 3.63) is 89.6 Å². The third-order valence-corrected chi connectivity index (χ3v) is 6.09. The first kappa shape index (κ1) is 26.5. The highest BCUT2D eigenvalue weighted by molar-refractivity contribution is 6.32. The predicted molar refractivity (Wildman–Crippen MR) is 150 cm³/mol. The van der Waals surface area contributed by atoms with E-state index in [-0.39, 0.29) is 5.97 Å². The van der Waals surface area contributed by atoms with E-state index in [1.54, 1.807) is 12.1 Å². The zero-order valence-corrected chi connectivity index (χ0v) is 22.7. The number of esters is 1. The van der Waals surface area contributed by atoms with Gasteiger partial charge in [-0.05, 0) is 80.0 Å². The molecule has 0 aliphatic rings. The summed E-state index contributed by atoms with van der Waals surface area (Å²) >= 11 is 6.47. The van der Waals surface area contributed by atoms with Gasteiger partial charge in [0.2, 0.25) is 0 Å². The van der Waals surface area contributed by atoms with E-state index in [1.807, 2.05) is 86.1 Å². The molecule has 9 heteroatoms. The summed E-state index contributed by atoms with van der Waals surface area (Å²) < 4.78 is 18.6. The highest BCUT2D eigenvalue weighted by Gasteiger charge is 2.16. The molecule has 0 saturated heterocycles. The molecule has 0 radical (unpaired) electrons. The average Bonchev–Trinajstić information content (AvgIpc) is 3.54. The Hall–Kier alpha value is -4.14. The van der Waals surface area contributed by atoms with Crippen LogP contribution in [0, 0.1) is 0 Å². The number of carbonyl (C=O) groups excluding carboxylic acids is 1. The van der Waals surface area contributed by atoms with Gasteiger partial charge in [-0.1, -0.05) is 35.9 Å². The van der Waals surface area contributed by atoms with Crippen LogP contribution in [0.15, 0.2) is 83.5 Å². The highest BCUT2D eigenvalue weighted by atomic mass is 35.5. The van der Waals surface area contributed by atoms with Crippen LogP contribution in [0.2, 0.25) is 5.02 Å². The molecule has 0 spiro atoms. The molecule has 0 aliphatic carbocycles. The van der Waals surface area contributed by atoms with Crippen LogP contribution < -0.4 is 10.1 Å². The van der Waals surface area contributed by atoms with Crippen molar-refractivity contribution in [3.63, 3.8) is 0 Å². The van der Waals surface area contributed by atoms with Crippen molar-refractivity contribution < 1.29 is 18.8 Å². The van der Waals surface area contributed by atoms with E-state index < -0.39 is 5.60 Å². The quantitative estimate of drug-likeness (QED) is 0.158. The zero-order valence-electron chi connectivity index (χ0n) is 22.0. The summed E-state index contributed by atoms with van der Waals surface area (Å²) in [5.74, 6) is 1.81. The maximum atomic E-state index is 11.9. The average molecular weight is 545 g/mol. The minimum Gasteiger partial charge on any atom is -0.460 e. The Morgan fingerprint density at radius 2 is 1.87 bits per heavy atom. The van der Waals surface area contributed by atoms with Crippen LogP contribution >= 0.6 is 11.6 Å². The summed E-state index contributed by atoms with van der Waals surface area (Å²) in [6.45, 7) is 6.78. The zero-order chi connectivity index (χ0) is 27.4. The minimum absolute atomic E-state index is 0.208. The fourth-order valence-corrected chi connectivity index (χ4v) is 4.27. The second-order valence-electron chi connectivity index (χ2n) is 10.1. The van der Waals surface area contributed by atoms with Gasteiger partial charge in [0.05, 0.1) is 17.0 Å². The van der Waals surface area contributed by atoms with E-state index in [0.29, 0.717) is 53.4 Å². The predicted octanol–water partition coefficient (Wildman–Crippen LogP) is 6.95. The van der Waals surface area contributed by atoms with Gasteiger partial charge < -0.3 is 19.3 Å². The molecule has 200 valence electrons. The van der Waals surface area contributed by atoms with Gasteiger partial charge in [-0.2, -0.15) is 4.98 Å². The Labute approximate surface area is 231 Å². The molecular formula is C30H29ClN4O4. The van der Waals surface area contributed by atoms with Gasteiger partial charge in [-0.25, -0.2) is 0 Å². The van der Waals surface area contributed by atoms with Crippen molar-refractivity contribution in [1.82, 2.24) is 20.0 Å². The normalized spacial score (nSPS) is 11.6. The lowest BCUT2D eigenvalue weighted by molar-refractivity contribution is -0.154. The molecule has 2 heterocycles. The van der Waals surface area contributed by atoms with E-state index in [4.69, 9.17) is 25.6 Å². The van der Waals surface area contributed by atoms with E-state index in [0.717, 1.165) is 16.5 Å². The Morgan fingerprint density at radius 1 is 1.05 bits per heavy atom. The van der Waals surface area contributed by atoms with Gasteiger partial charge in [0.15, 0.2) is 0 Å². The maximum absolute atomic E-state index is 11.9. The number of ether oxygens (including phenoxy) is 2. The van der Waals surface area contributed by atoms with Crippen LogP contribution in [0.4, 0.5) is 0 Å². The van der Waals surface area contributed by atoms with Crippen LogP contribution in [-0.2, 0) is 16.1 Å². The molecule has 0 amide bonds. The van der Waals surface area contributed by atoms with E-state index >= 15 is 0 Å². The van der Waals surface area contributed by atoms with Crippen molar-refractivity contribution in [1.29, 1.82) is 0 Å². The lowest BCUT2D eigenvalue weighted by Crippen LogP contribution is -2.26. The third kappa shape index (κ3) is 6.66. The van der Waals surface area contributed by atoms with Crippen molar-refractivity contribution in [2.45, 2.75) is 39.3 Å². The van der Waals surface area contributed by atoms with Crippen LogP contribution in [0.1, 0.15) is 32.8 Å². The van der Waals surface area contributed by atoms with Crippen molar-refractivity contribution in [3.8, 4) is 28.9 Å². The fraction of sp³-hybridized carbons (Fsp3) is 0.233. The summed E-state index contributed by atoms with van der Waals surface area (Å²) in [6.07, 6.45) is 2.23. The summed E-state index contributed by atoms with van der Waals surface area (Å²) in [5.41, 5.74) is 2.27. The molecule has 0 unspecified atom stereocenters. The first-order valence-corrected chi connectivity index (χ1v) is 13.0. The van der Waals surface area contributed by atoms with Crippen molar-refractivity contribution >= 4 is 28.5 Å². The number of fused-ring (bicyclic) bond motifs is 1. The number of hydrogen-bond acceptors (Lipinski definition) is 7. The number of rotatable bonds is 9. The second-order valence-corrected chi connectivity index (χ2v) is 10.5. The number of halogens is 1. The molecule has 1 N–H and O–H groups in total. The summed E-state index contributed by atoms with van der Waals surface area (Å²) in [7, 11) is 0. The lowest BCUT2D eigenvalue weighted by atomic mass is 10.1. The Morgan fingerprint density at radius 3 is 2.64 bits per heavy atom. The van der Waals surface area contributed by atoms with E-state index in [1.165, 1.54) is 0 Å². The van der Waals surface area contributed by atoms with Crippen LogP contribution in [0.5, 0.6) is 11.5 Å². The van der Waals surface area contributed by atoms with E-state index in [2.05, 4.69) is 21.5 Å². The molecule has 0 atom stereocenters. The van der Waals surface area contributed by atoms with Crippen LogP contribution in [0.25, 0.3) is 28.3 Å². The molecule has 5 rings (SSSR count). The molecule has 2 aromatic heterocycles. The Kier molecular flexibility index (Phi) is 7.67. The molecule has 8 nitrogen and oxygen atoms in total. The monoisotopic (exact) mass is 544 g/mol. The molecule has 5 aromatic rings. The number of nitrogens with one attached hydrogen (secondary N) is 1. The SMILES string of the molecule is CC(C)(C)OC(=O)CCNCc1ccc2c(ccn2-c2noc(-c3ccc(Oc4ccccc4)c(Cl)c3)n2)c1. The molecule has 3 aromatic carbocycles. The number of hydrogen-bond donors (Lipinski definition) is 1. The second kappa shape index (κ2) is 11.3. The first-order chi connectivity index (χ1) is 18.7. The third-order valence-electron chi connectivity index (χ3n) is 5.79. The van der Waals surface area contributed by atoms with Crippen LogP contribution in [0.3, 0.4) is 0 Å². The van der Waals surface area contributed by atoms with Gasteiger partial charge in [0.1, 0.15) is 17.1 Å². The Balaban J connectivity index is 1.24. The summed E-state index contributed by atoms with van der Waals surface area (Å²) in [6, 6.07) is 22.9. The number of aromatic nitrogens is 3. The molecule has 0 bridgehead atoms. The highest BCUT2D eigenvalue weighted by Crippen LogP contribution is 2.33. The molecule has 0 fully saturated rings. The van der Waals surface area contributed by atoms with Gasteiger partial charge in [0.25, 0.3) is 11.8 Å². The maximum Gasteiger partial charge on any atom is 0.307 e. The topological polar surface area (TPSA) is 91.4 Å². The first-order valence-electron chi connectivity index (χ1n) is 12.6. The minimum atomic E-state index is -0.468. The van der Waals surface area contributed by atoms with Gasteiger partial charge in [-0.3, -0.25) is 9.36 Å². The molecular weight excluding hydrogens is 516 g/mol. The molecule has 39 heavy (non-hydrogen) atoms. The van der Waals surface area contributed by atoms with E-state index in [9.17, 15) is 4.79 Å². The summed E-state index contributed by atoms with van der Waals surface area (Å²) in [5, 5.41) is 8.95. The largest absolute Gasteiger partial charge is 0.460 e. The van der Waals surface area contributed by atoms with Crippen LogP contribution in [-0.4, -0.2) is 32.8 Å². The van der Waals surface area contributed by atoms with Gasteiger partial charge in [-0.15, -0.1) is 0 Å². The fourth-order valence-electron chi connectivity index (χ4n) is 4.06. The smallest absolute Gasteiger partial charge is 0.307 e. The van der Waals surface area contributed by atoms with Gasteiger partial charge >= 0.3 is 5.97 Å².